The van der Waals surface area contributed by atoms with Gasteiger partial charge in [0.2, 0.25) is 0 Å². The van der Waals surface area contributed by atoms with E-state index in [9.17, 15) is 18.0 Å². The summed E-state index contributed by atoms with van der Waals surface area (Å²) in [5.41, 5.74) is 0.829. The summed E-state index contributed by atoms with van der Waals surface area (Å²) in [7, 11) is 0. The van der Waals surface area contributed by atoms with E-state index in [-0.39, 0.29) is 22.8 Å². The second kappa shape index (κ2) is 9.91. The van der Waals surface area contributed by atoms with Gasteiger partial charge in [0.1, 0.15) is 17.9 Å². The number of rotatable bonds is 7. The molecule has 4 rings (SSSR count). The van der Waals surface area contributed by atoms with Crippen LogP contribution in [0.1, 0.15) is 30.6 Å². The summed E-state index contributed by atoms with van der Waals surface area (Å²) in [6, 6.07) is 19.8. The van der Waals surface area contributed by atoms with Crippen molar-refractivity contribution in [3.05, 3.63) is 107 Å². The van der Waals surface area contributed by atoms with Crippen molar-refractivity contribution in [3.8, 4) is 11.1 Å². The van der Waals surface area contributed by atoms with E-state index in [1.165, 1.54) is 16.5 Å². The average Bonchev–Trinajstić information content (AvgIpc) is 2.85. The van der Waals surface area contributed by atoms with E-state index in [0.717, 1.165) is 17.7 Å². The Kier molecular flexibility index (Phi) is 6.77. The molecule has 0 spiro atoms. The molecule has 0 amide bonds. The van der Waals surface area contributed by atoms with Crippen LogP contribution in [0.15, 0.2) is 95.1 Å². The van der Waals surface area contributed by atoms with Gasteiger partial charge in [0.25, 0.3) is 5.65 Å². The van der Waals surface area contributed by atoms with Crippen LogP contribution >= 0.6 is 0 Å². The molecule has 0 fully saturated rings. The maximum absolute atomic E-state index is 13.2. The third kappa shape index (κ3) is 5.17. The van der Waals surface area contributed by atoms with Gasteiger partial charge in [0.05, 0.1) is 18.3 Å². The number of aromatic nitrogens is 2. The molecule has 0 saturated heterocycles. The van der Waals surface area contributed by atoms with Crippen LogP contribution in [-0.2, 0) is 17.6 Å². The smallest absolute Gasteiger partial charge is 0.388 e. The quantitative estimate of drug-likeness (QED) is 0.207. The Morgan fingerprint density at radius 1 is 1.06 bits per heavy atom. The zero-order chi connectivity index (χ0) is 24.1. The first kappa shape index (κ1) is 23.2. The van der Waals surface area contributed by atoms with Crippen LogP contribution in [0.25, 0.3) is 16.8 Å². The predicted octanol–water partition coefficient (Wildman–Crippen LogP) is 5.43. The number of benzene rings is 2. The third-order valence-electron chi connectivity index (χ3n) is 5.43. The van der Waals surface area contributed by atoms with Crippen molar-refractivity contribution < 1.29 is 22.6 Å². The van der Waals surface area contributed by atoms with Gasteiger partial charge in [-0.1, -0.05) is 53.7 Å². The van der Waals surface area contributed by atoms with Gasteiger partial charge in [0.15, 0.2) is 0 Å². The molecule has 0 aliphatic heterocycles. The van der Waals surface area contributed by atoms with Gasteiger partial charge >= 0.3 is 11.7 Å². The summed E-state index contributed by atoms with van der Waals surface area (Å²) in [4.78, 5) is 18.6. The topological polar surface area (TPSA) is 47.0 Å². The maximum atomic E-state index is 13.2. The number of hydrogen-bond donors (Lipinski definition) is 0. The van der Waals surface area contributed by atoms with Crippen LogP contribution in [-0.4, -0.2) is 10.6 Å². The Labute approximate surface area is 194 Å². The number of oxime groups is 1. The van der Waals surface area contributed by atoms with Gasteiger partial charge in [0, 0.05) is 18.7 Å². The molecule has 0 N–H and O–H groups in total. The van der Waals surface area contributed by atoms with E-state index in [1.807, 2.05) is 41.8 Å². The molecule has 5 nitrogen and oxygen atoms in total. The van der Waals surface area contributed by atoms with E-state index in [2.05, 4.69) is 5.16 Å². The van der Waals surface area contributed by atoms with Crippen LogP contribution in [0.3, 0.4) is 0 Å². The molecule has 4 aromatic rings. The summed E-state index contributed by atoms with van der Waals surface area (Å²) in [5.74, 6) is 0. The molecule has 0 aliphatic rings. The summed E-state index contributed by atoms with van der Waals surface area (Å²) < 4.78 is 42.9. The van der Waals surface area contributed by atoms with Crippen LogP contribution < -0.4 is 10.1 Å². The average molecular weight is 466 g/mol. The lowest BCUT2D eigenvalue weighted by Crippen LogP contribution is -2.40. The molecule has 1 unspecified atom stereocenters. The fourth-order valence-corrected chi connectivity index (χ4v) is 3.66. The van der Waals surface area contributed by atoms with Crippen molar-refractivity contribution >= 4 is 11.9 Å². The number of nitrogens with zero attached hydrogens (tertiary/aromatic N) is 3. The van der Waals surface area contributed by atoms with Crippen molar-refractivity contribution in [3.63, 3.8) is 0 Å². The third-order valence-corrected chi connectivity index (χ3v) is 5.43. The minimum atomic E-state index is -4.49. The Morgan fingerprint density at radius 3 is 2.59 bits per heavy atom. The molecular weight excluding hydrogens is 443 g/mol. The lowest BCUT2D eigenvalue weighted by atomic mass is 10.1. The fraction of sp³-hybridized carbons (Fsp3) is 0.192. The Hall–Kier alpha value is -3.94. The molecule has 174 valence electrons. The Morgan fingerprint density at radius 2 is 1.82 bits per heavy atom. The number of pyridine rings is 1. The number of hydrogen-bond acceptors (Lipinski definition) is 3. The van der Waals surface area contributed by atoms with Crippen molar-refractivity contribution in [2.75, 3.05) is 0 Å². The van der Waals surface area contributed by atoms with E-state index >= 15 is 0 Å². The molecule has 2 aromatic heterocycles. The maximum Gasteiger partial charge on any atom is 0.416 e. The summed E-state index contributed by atoms with van der Waals surface area (Å²) in [6.45, 7) is 2.35. The standard InChI is InChI=1S/C26H23F3N3O2/c1-19(20-9-3-2-4-10-20)34-30-14-8-15-31-18-23(25(33)32-16-6-5-13-24(31)32)21-11-7-12-22(17-21)26(27,28)29/h2-7,9-14,16-19H,8,15H2,1H3/q+1/b30-14-. The molecule has 2 heterocycles. The minimum Gasteiger partial charge on any atom is -0.388 e. The summed E-state index contributed by atoms with van der Waals surface area (Å²) in [6.07, 6.45) is 0.636. The van der Waals surface area contributed by atoms with Gasteiger partial charge < -0.3 is 4.84 Å². The Balaban J connectivity index is 1.58. The van der Waals surface area contributed by atoms with Gasteiger partial charge in [-0.2, -0.15) is 17.6 Å². The summed E-state index contributed by atoms with van der Waals surface area (Å²) >= 11 is 0. The number of halogens is 3. The van der Waals surface area contributed by atoms with Crippen LogP contribution in [0.2, 0.25) is 0 Å². The first-order valence-electron chi connectivity index (χ1n) is 10.8. The van der Waals surface area contributed by atoms with Gasteiger partial charge in [-0.15, -0.1) is 0 Å². The molecule has 8 heteroatoms. The van der Waals surface area contributed by atoms with E-state index in [0.29, 0.717) is 18.6 Å². The second-order valence-electron chi connectivity index (χ2n) is 7.78. The van der Waals surface area contributed by atoms with Crippen LogP contribution in [0.5, 0.6) is 0 Å². The van der Waals surface area contributed by atoms with E-state index in [1.54, 1.807) is 36.8 Å². The molecule has 34 heavy (non-hydrogen) atoms. The molecule has 0 bridgehead atoms. The second-order valence-corrected chi connectivity index (χ2v) is 7.78. The SMILES string of the molecule is CC(O/N=C\CC[n+]1cc(-c2cccc(C(F)(F)F)c2)c(=O)n2ccccc21)c1ccccc1. The Bertz CT molecular complexity index is 1370. The normalized spacial score (nSPS) is 12.8. The van der Waals surface area contributed by atoms with Gasteiger partial charge in [-0.3, -0.25) is 0 Å². The lowest BCUT2D eigenvalue weighted by molar-refractivity contribution is -0.672. The minimum absolute atomic E-state index is 0.181. The molecule has 2 aromatic carbocycles. The largest absolute Gasteiger partial charge is 0.416 e. The fourth-order valence-electron chi connectivity index (χ4n) is 3.66. The molecule has 0 aliphatic carbocycles. The van der Waals surface area contributed by atoms with Crippen molar-refractivity contribution in [2.24, 2.45) is 5.16 Å². The number of alkyl halides is 3. The highest BCUT2D eigenvalue weighted by Crippen LogP contribution is 2.31. The van der Waals surface area contributed by atoms with Crippen molar-refractivity contribution in [1.82, 2.24) is 4.40 Å². The molecule has 1 atom stereocenters. The van der Waals surface area contributed by atoms with Crippen molar-refractivity contribution in [1.29, 1.82) is 0 Å². The zero-order valence-electron chi connectivity index (χ0n) is 18.4. The lowest BCUT2D eigenvalue weighted by Gasteiger charge is -2.10. The zero-order valence-corrected chi connectivity index (χ0v) is 18.4. The van der Waals surface area contributed by atoms with Crippen LogP contribution in [0, 0.1) is 0 Å². The number of aryl methyl sites for hydroxylation is 1. The first-order valence-corrected chi connectivity index (χ1v) is 10.8. The molecule has 0 radical (unpaired) electrons. The molecular formula is C26H23F3N3O2+. The highest BCUT2D eigenvalue weighted by Gasteiger charge is 2.31. The monoisotopic (exact) mass is 466 g/mol. The number of fused-ring (bicyclic) bond motifs is 1. The van der Waals surface area contributed by atoms with E-state index in [4.69, 9.17) is 4.84 Å². The highest BCUT2D eigenvalue weighted by molar-refractivity contribution is 5.63. The summed E-state index contributed by atoms with van der Waals surface area (Å²) in [5, 5.41) is 4.05. The van der Waals surface area contributed by atoms with Crippen LogP contribution in [0.4, 0.5) is 13.2 Å². The van der Waals surface area contributed by atoms with Crippen molar-refractivity contribution in [2.45, 2.75) is 32.2 Å². The molecule has 0 saturated carbocycles. The van der Waals surface area contributed by atoms with Gasteiger partial charge in [-0.25, -0.2) is 9.36 Å². The first-order chi connectivity index (χ1) is 16.3. The highest BCUT2D eigenvalue weighted by atomic mass is 19.4. The van der Waals surface area contributed by atoms with E-state index < -0.39 is 11.7 Å². The predicted molar refractivity (Wildman–Crippen MR) is 123 cm³/mol. The van der Waals surface area contributed by atoms with Gasteiger partial charge in [-0.05, 0) is 36.2 Å².